The molecule has 3 aromatic rings. The molecule has 0 saturated carbocycles. The number of amides is 2. The molecule has 0 fully saturated rings. The van der Waals surface area contributed by atoms with Gasteiger partial charge in [0.15, 0.2) is 0 Å². The van der Waals surface area contributed by atoms with Crippen molar-refractivity contribution in [3.63, 3.8) is 0 Å². The number of carbonyl (C=O) groups excluding carboxylic acids is 2. The van der Waals surface area contributed by atoms with Crippen LogP contribution in [0.15, 0.2) is 77.7 Å². The number of nitrogens with one attached hydrogen (secondary N) is 1. The van der Waals surface area contributed by atoms with Crippen molar-refractivity contribution in [3.05, 3.63) is 94.5 Å². The minimum absolute atomic E-state index is 0.0779. The lowest BCUT2D eigenvalue weighted by Gasteiger charge is -2.32. The molecular formula is C30H36ClN3O4S. The Labute approximate surface area is 236 Å². The molecular weight excluding hydrogens is 534 g/mol. The topological polar surface area (TPSA) is 86.8 Å². The van der Waals surface area contributed by atoms with Crippen LogP contribution < -0.4 is 9.62 Å². The summed E-state index contributed by atoms with van der Waals surface area (Å²) in [5.74, 6) is -0.812. The van der Waals surface area contributed by atoms with Gasteiger partial charge < -0.3 is 10.2 Å². The Bertz CT molecular complexity index is 1390. The largest absolute Gasteiger partial charge is 0.354 e. The van der Waals surface area contributed by atoms with E-state index in [9.17, 15) is 18.0 Å². The minimum atomic E-state index is -4.10. The van der Waals surface area contributed by atoms with Gasteiger partial charge in [-0.3, -0.25) is 13.9 Å². The smallest absolute Gasteiger partial charge is 0.264 e. The van der Waals surface area contributed by atoms with Crippen LogP contribution in [0.4, 0.5) is 5.69 Å². The Hall–Kier alpha value is -3.36. The second-order valence-electron chi connectivity index (χ2n) is 9.64. The van der Waals surface area contributed by atoms with Crippen molar-refractivity contribution in [1.82, 2.24) is 10.2 Å². The first kappa shape index (κ1) is 30.2. The minimum Gasteiger partial charge on any atom is -0.354 e. The molecule has 0 aromatic heterocycles. The number of unbranched alkanes of at least 4 members (excludes halogenated alkanes) is 1. The molecule has 0 saturated heterocycles. The van der Waals surface area contributed by atoms with Gasteiger partial charge in [-0.15, -0.1) is 0 Å². The molecule has 0 bridgehead atoms. The zero-order valence-electron chi connectivity index (χ0n) is 22.9. The van der Waals surface area contributed by atoms with Crippen LogP contribution in [0.5, 0.6) is 0 Å². The molecule has 0 aliphatic carbocycles. The number of aryl methyl sites for hydroxylation is 2. The van der Waals surface area contributed by atoms with E-state index in [1.807, 2.05) is 32.9 Å². The first-order chi connectivity index (χ1) is 18.5. The van der Waals surface area contributed by atoms with E-state index in [0.29, 0.717) is 17.3 Å². The fraction of sp³-hybridized carbons (Fsp3) is 0.333. The molecule has 0 radical (unpaired) electrons. The average molecular weight is 570 g/mol. The monoisotopic (exact) mass is 569 g/mol. The molecule has 0 unspecified atom stereocenters. The van der Waals surface area contributed by atoms with Gasteiger partial charge in [-0.25, -0.2) is 8.42 Å². The van der Waals surface area contributed by atoms with E-state index in [1.165, 1.54) is 17.0 Å². The summed E-state index contributed by atoms with van der Waals surface area (Å²) in [5.41, 5.74) is 2.87. The standard InChI is InChI=1S/C30H36ClN3O4S/c1-5-6-17-32-30(36)24(4)33(20-25-10-8-11-26(31)19-25)29(35)21-34(27-12-7-9-23(3)18-27)39(37,38)28-15-13-22(2)14-16-28/h7-16,18-19,24H,5-6,17,20-21H2,1-4H3,(H,32,36)/t24-/m0/s1. The highest BCUT2D eigenvalue weighted by Crippen LogP contribution is 2.26. The molecule has 208 valence electrons. The van der Waals surface area contributed by atoms with E-state index < -0.39 is 28.5 Å². The number of nitrogens with zero attached hydrogens (tertiary/aromatic N) is 2. The first-order valence-corrected chi connectivity index (χ1v) is 14.8. The van der Waals surface area contributed by atoms with E-state index in [-0.39, 0.29) is 17.3 Å². The molecule has 0 aliphatic heterocycles. The van der Waals surface area contributed by atoms with Gasteiger partial charge >= 0.3 is 0 Å². The van der Waals surface area contributed by atoms with Crippen molar-refractivity contribution in [2.24, 2.45) is 0 Å². The SMILES string of the molecule is CCCCNC(=O)[C@H](C)N(Cc1cccc(Cl)c1)C(=O)CN(c1cccc(C)c1)S(=O)(=O)c1ccc(C)cc1. The first-order valence-electron chi connectivity index (χ1n) is 13.0. The second kappa shape index (κ2) is 13.6. The van der Waals surface area contributed by atoms with Crippen LogP contribution in [0.1, 0.15) is 43.4 Å². The third kappa shape index (κ3) is 8.07. The van der Waals surface area contributed by atoms with Gasteiger partial charge in [0.25, 0.3) is 10.0 Å². The summed E-state index contributed by atoms with van der Waals surface area (Å²) in [6.07, 6.45) is 1.73. The van der Waals surface area contributed by atoms with Gasteiger partial charge in [-0.05, 0) is 74.7 Å². The maximum absolute atomic E-state index is 13.9. The van der Waals surface area contributed by atoms with Gasteiger partial charge in [-0.2, -0.15) is 0 Å². The van der Waals surface area contributed by atoms with E-state index in [4.69, 9.17) is 11.6 Å². The Morgan fingerprint density at radius 1 is 0.949 bits per heavy atom. The molecule has 0 heterocycles. The molecule has 1 N–H and O–H groups in total. The molecule has 1 atom stereocenters. The van der Waals surface area contributed by atoms with Gasteiger partial charge in [0, 0.05) is 18.1 Å². The summed E-state index contributed by atoms with van der Waals surface area (Å²) < 4.78 is 28.8. The van der Waals surface area contributed by atoms with Crippen molar-refractivity contribution in [3.8, 4) is 0 Å². The number of halogens is 1. The van der Waals surface area contributed by atoms with Gasteiger partial charge in [0.2, 0.25) is 11.8 Å². The normalized spacial score (nSPS) is 12.0. The van der Waals surface area contributed by atoms with Crippen molar-refractivity contribution < 1.29 is 18.0 Å². The predicted molar refractivity (Wildman–Crippen MR) is 156 cm³/mol. The molecule has 7 nitrogen and oxygen atoms in total. The number of hydrogen-bond acceptors (Lipinski definition) is 4. The second-order valence-corrected chi connectivity index (χ2v) is 11.9. The maximum atomic E-state index is 13.9. The van der Waals surface area contributed by atoms with Crippen molar-refractivity contribution in [2.75, 3.05) is 17.4 Å². The zero-order valence-corrected chi connectivity index (χ0v) is 24.4. The van der Waals surface area contributed by atoms with Crippen LogP contribution in [0, 0.1) is 13.8 Å². The molecule has 2 amide bonds. The highest BCUT2D eigenvalue weighted by atomic mass is 35.5. The fourth-order valence-corrected chi connectivity index (χ4v) is 5.72. The molecule has 0 spiro atoms. The third-order valence-electron chi connectivity index (χ3n) is 6.42. The summed E-state index contributed by atoms with van der Waals surface area (Å²) in [7, 11) is -4.10. The van der Waals surface area contributed by atoms with E-state index in [0.717, 1.165) is 33.8 Å². The average Bonchev–Trinajstić information content (AvgIpc) is 2.90. The number of benzene rings is 3. The van der Waals surface area contributed by atoms with Crippen LogP contribution in [0.25, 0.3) is 0 Å². The van der Waals surface area contributed by atoms with Crippen molar-refractivity contribution in [1.29, 1.82) is 0 Å². The molecule has 39 heavy (non-hydrogen) atoms. The molecule has 0 aliphatic rings. The number of hydrogen-bond donors (Lipinski definition) is 1. The van der Waals surface area contributed by atoms with E-state index >= 15 is 0 Å². The Morgan fingerprint density at radius 2 is 1.64 bits per heavy atom. The summed E-state index contributed by atoms with van der Waals surface area (Å²) in [4.78, 5) is 28.4. The van der Waals surface area contributed by atoms with Crippen LogP contribution in [-0.2, 0) is 26.2 Å². The van der Waals surface area contributed by atoms with Crippen molar-refractivity contribution >= 4 is 39.1 Å². The van der Waals surface area contributed by atoms with E-state index in [2.05, 4.69) is 5.32 Å². The number of carbonyl (C=O) groups is 2. The van der Waals surface area contributed by atoms with Gasteiger partial charge in [0.05, 0.1) is 10.6 Å². The highest BCUT2D eigenvalue weighted by Gasteiger charge is 2.32. The van der Waals surface area contributed by atoms with Crippen LogP contribution in [-0.4, -0.2) is 44.3 Å². The Morgan fingerprint density at radius 3 is 2.28 bits per heavy atom. The summed E-state index contributed by atoms with van der Waals surface area (Å²) in [6.45, 7) is 7.51. The van der Waals surface area contributed by atoms with Crippen LogP contribution in [0.3, 0.4) is 0 Å². The van der Waals surface area contributed by atoms with Gasteiger partial charge in [-0.1, -0.05) is 66.9 Å². The summed E-state index contributed by atoms with van der Waals surface area (Å²) >= 11 is 6.18. The van der Waals surface area contributed by atoms with Crippen LogP contribution >= 0.6 is 11.6 Å². The Balaban J connectivity index is 2.00. The lowest BCUT2D eigenvalue weighted by atomic mass is 10.1. The lowest BCUT2D eigenvalue weighted by Crippen LogP contribution is -2.51. The van der Waals surface area contributed by atoms with E-state index in [1.54, 1.807) is 55.5 Å². The lowest BCUT2D eigenvalue weighted by molar-refractivity contribution is -0.139. The van der Waals surface area contributed by atoms with Gasteiger partial charge in [0.1, 0.15) is 12.6 Å². The fourth-order valence-electron chi connectivity index (χ4n) is 4.10. The predicted octanol–water partition coefficient (Wildman–Crippen LogP) is 5.49. The Kier molecular flexibility index (Phi) is 10.5. The number of sulfonamides is 1. The van der Waals surface area contributed by atoms with Crippen molar-refractivity contribution in [2.45, 2.75) is 58.0 Å². The highest BCUT2D eigenvalue weighted by molar-refractivity contribution is 7.92. The molecule has 9 heteroatoms. The summed E-state index contributed by atoms with van der Waals surface area (Å²) in [6, 6.07) is 19.7. The summed E-state index contributed by atoms with van der Waals surface area (Å²) in [5, 5.41) is 3.38. The molecule has 3 aromatic carbocycles. The zero-order chi connectivity index (χ0) is 28.6. The maximum Gasteiger partial charge on any atom is 0.264 e. The number of anilines is 1. The quantitative estimate of drug-likeness (QED) is 0.292. The molecule has 3 rings (SSSR count). The number of rotatable bonds is 12. The third-order valence-corrected chi connectivity index (χ3v) is 8.44. The van der Waals surface area contributed by atoms with Crippen LogP contribution in [0.2, 0.25) is 5.02 Å².